The van der Waals surface area contributed by atoms with E-state index in [0.717, 1.165) is 12.0 Å². The first-order chi connectivity index (χ1) is 9.90. The molecule has 2 nitrogen and oxygen atoms in total. The normalized spacial score (nSPS) is 19.7. The zero-order valence-corrected chi connectivity index (χ0v) is 12.2. The topological polar surface area (TPSA) is 23.5 Å². The van der Waals surface area contributed by atoms with E-state index in [0.29, 0.717) is 19.6 Å². The predicted octanol–water partition coefficient (Wildman–Crippen LogP) is 3.56. The molecule has 1 fully saturated rings. The van der Waals surface area contributed by atoms with E-state index in [1.54, 1.807) is 0 Å². The van der Waals surface area contributed by atoms with E-state index in [1.807, 2.05) is 29.2 Å². The van der Waals surface area contributed by atoms with Crippen molar-refractivity contribution >= 4 is 0 Å². The maximum atomic E-state index is 12.6. The molecular weight excluding hydrogens is 279 g/mol. The average Bonchev–Trinajstić information content (AvgIpc) is 2.47. The second-order valence-corrected chi connectivity index (χ2v) is 5.73. The highest BCUT2D eigenvalue weighted by atomic mass is 19.4. The first-order valence-corrected chi connectivity index (χ1v) is 7.46. The first-order valence-electron chi connectivity index (χ1n) is 7.46. The van der Waals surface area contributed by atoms with Gasteiger partial charge in [0, 0.05) is 6.54 Å². The van der Waals surface area contributed by atoms with Crippen molar-refractivity contribution in [3.63, 3.8) is 0 Å². The Morgan fingerprint density at radius 2 is 1.76 bits per heavy atom. The lowest BCUT2D eigenvalue weighted by Gasteiger charge is -2.34. The van der Waals surface area contributed by atoms with Crippen LogP contribution in [0, 0.1) is 5.92 Å². The monoisotopic (exact) mass is 301 g/mol. The van der Waals surface area contributed by atoms with Gasteiger partial charge in [0.05, 0.1) is 12.0 Å². The fourth-order valence-corrected chi connectivity index (χ4v) is 2.77. The van der Waals surface area contributed by atoms with Gasteiger partial charge in [-0.15, -0.1) is 0 Å². The lowest BCUT2D eigenvalue weighted by Crippen LogP contribution is -2.40. The van der Waals surface area contributed by atoms with Crippen molar-refractivity contribution in [1.82, 2.24) is 4.90 Å². The largest absolute Gasteiger partial charge is 0.391 e. The average molecular weight is 301 g/mol. The van der Waals surface area contributed by atoms with Gasteiger partial charge in [-0.05, 0) is 43.5 Å². The summed E-state index contributed by atoms with van der Waals surface area (Å²) >= 11 is 0. The molecule has 21 heavy (non-hydrogen) atoms. The van der Waals surface area contributed by atoms with E-state index in [1.165, 1.54) is 5.56 Å². The second-order valence-electron chi connectivity index (χ2n) is 5.73. The number of likely N-dealkylation sites (tertiary alicyclic amines) is 1. The van der Waals surface area contributed by atoms with Crippen LogP contribution in [0.5, 0.6) is 0 Å². The zero-order chi connectivity index (χ0) is 15.5. The summed E-state index contributed by atoms with van der Waals surface area (Å²) in [7, 11) is 0. The molecule has 0 radical (unpaired) electrons. The van der Waals surface area contributed by atoms with Gasteiger partial charge in [-0.25, -0.2) is 0 Å². The molecule has 1 atom stereocenters. The maximum absolute atomic E-state index is 12.6. The van der Waals surface area contributed by atoms with Crippen molar-refractivity contribution in [3.05, 3.63) is 35.4 Å². The molecule has 0 spiro atoms. The Bertz CT molecular complexity index is 436. The number of hydrogen-bond donors (Lipinski definition) is 1. The van der Waals surface area contributed by atoms with E-state index in [2.05, 4.69) is 6.92 Å². The summed E-state index contributed by atoms with van der Waals surface area (Å²) in [4.78, 5) is 1.92. The minimum atomic E-state index is -4.08. The lowest BCUT2D eigenvalue weighted by atomic mass is 9.95. The number of alkyl halides is 3. The van der Waals surface area contributed by atoms with Crippen LogP contribution in [0.15, 0.2) is 24.3 Å². The van der Waals surface area contributed by atoms with Crippen molar-refractivity contribution in [3.8, 4) is 0 Å². The van der Waals surface area contributed by atoms with Gasteiger partial charge < -0.3 is 10.0 Å². The maximum Gasteiger partial charge on any atom is 0.391 e. The van der Waals surface area contributed by atoms with Crippen LogP contribution >= 0.6 is 0 Å². The van der Waals surface area contributed by atoms with Gasteiger partial charge >= 0.3 is 6.18 Å². The highest BCUT2D eigenvalue weighted by molar-refractivity contribution is 5.24. The molecule has 0 saturated carbocycles. The fraction of sp³-hybridized carbons (Fsp3) is 0.625. The Balaban J connectivity index is 1.85. The molecule has 1 aromatic rings. The Morgan fingerprint density at radius 1 is 1.19 bits per heavy atom. The molecule has 2 rings (SSSR count). The number of hydrogen-bond acceptors (Lipinski definition) is 2. The molecule has 0 amide bonds. The number of halogens is 3. The van der Waals surface area contributed by atoms with E-state index < -0.39 is 18.2 Å². The molecule has 1 aromatic carbocycles. The Morgan fingerprint density at radius 3 is 2.24 bits per heavy atom. The molecule has 1 heterocycles. The number of piperidine rings is 1. The summed E-state index contributed by atoms with van der Waals surface area (Å²) in [6.07, 6.45) is -3.52. The van der Waals surface area contributed by atoms with E-state index in [4.69, 9.17) is 0 Å². The fourth-order valence-electron chi connectivity index (χ4n) is 2.77. The van der Waals surface area contributed by atoms with Gasteiger partial charge in [0.25, 0.3) is 0 Å². The van der Waals surface area contributed by atoms with Crippen LogP contribution in [0.25, 0.3) is 0 Å². The third-order valence-corrected chi connectivity index (χ3v) is 4.25. The first kappa shape index (κ1) is 16.3. The Hall–Kier alpha value is -1.07. The molecule has 5 heteroatoms. The second kappa shape index (κ2) is 6.79. The number of rotatable bonds is 4. The van der Waals surface area contributed by atoms with Gasteiger partial charge in [0.1, 0.15) is 0 Å². The van der Waals surface area contributed by atoms with E-state index in [-0.39, 0.29) is 12.8 Å². The van der Waals surface area contributed by atoms with Crippen LogP contribution in [0.1, 0.15) is 37.0 Å². The summed E-state index contributed by atoms with van der Waals surface area (Å²) in [6, 6.07) is 7.75. The summed E-state index contributed by atoms with van der Waals surface area (Å²) in [5, 5.41) is 10.2. The number of benzene rings is 1. The number of aliphatic hydroxyl groups is 1. The number of aliphatic hydroxyl groups excluding tert-OH is 1. The quantitative estimate of drug-likeness (QED) is 0.919. The van der Waals surface area contributed by atoms with E-state index in [9.17, 15) is 18.3 Å². The van der Waals surface area contributed by atoms with Gasteiger partial charge in [0.15, 0.2) is 0 Å². The lowest BCUT2D eigenvalue weighted by molar-refractivity contribution is -0.185. The number of nitrogens with zero attached hydrogens (tertiary/aromatic N) is 1. The number of aryl methyl sites for hydroxylation is 1. The van der Waals surface area contributed by atoms with E-state index >= 15 is 0 Å². The Labute approximate surface area is 123 Å². The molecule has 1 saturated heterocycles. The Kier molecular flexibility index (Phi) is 5.27. The van der Waals surface area contributed by atoms with Crippen molar-refractivity contribution in [2.24, 2.45) is 5.92 Å². The molecule has 0 aliphatic carbocycles. The summed E-state index contributed by atoms with van der Waals surface area (Å²) < 4.78 is 37.8. The SMILES string of the molecule is CCc1ccc(C(O)CN2CCC(C(F)(F)F)CC2)cc1. The molecule has 1 aliphatic rings. The van der Waals surface area contributed by atoms with Gasteiger partial charge in [-0.2, -0.15) is 13.2 Å². The minimum Gasteiger partial charge on any atom is -0.387 e. The molecule has 1 aliphatic heterocycles. The predicted molar refractivity (Wildman–Crippen MR) is 76.0 cm³/mol. The van der Waals surface area contributed by atoms with Crippen LogP contribution in [-0.4, -0.2) is 35.8 Å². The van der Waals surface area contributed by atoms with Crippen molar-refractivity contribution in [2.75, 3.05) is 19.6 Å². The van der Waals surface area contributed by atoms with Gasteiger partial charge in [-0.1, -0.05) is 31.2 Å². The van der Waals surface area contributed by atoms with Crippen LogP contribution < -0.4 is 0 Å². The minimum absolute atomic E-state index is 0.130. The number of β-amino-alcohol motifs (C(OH)–C–C–N with tert-alkyl or cyclic N) is 1. The van der Waals surface area contributed by atoms with Crippen LogP contribution in [-0.2, 0) is 6.42 Å². The molecule has 0 aromatic heterocycles. The molecule has 1 unspecified atom stereocenters. The molecule has 118 valence electrons. The summed E-state index contributed by atoms with van der Waals surface area (Å²) in [5.41, 5.74) is 2.03. The van der Waals surface area contributed by atoms with Crippen LogP contribution in [0.4, 0.5) is 13.2 Å². The van der Waals surface area contributed by atoms with Crippen molar-refractivity contribution in [2.45, 2.75) is 38.5 Å². The third kappa shape index (κ3) is 4.45. The third-order valence-electron chi connectivity index (χ3n) is 4.25. The van der Waals surface area contributed by atoms with Crippen molar-refractivity contribution < 1.29 is 18.3 Å². The molecular formula is C16H22F3NO. The highest BCUT2D eigenvalue weighted by Crippen LogP contribution is 2.34. The smallest absolute Gasteiger partial charge is 0.387 e. The van der Waals surface area contributed by atoms with Gasteiger partial charge in [0.2, 0.25) is 0 Å². The van der Waals surface area contributed by atoms with Crippen LogP contribution in [0.3, 0.4) is 0 Å². The van der Waals surface area contributed by atoms with Crippen molar-refractivity contribution in [1.29, 1.82) is 0 Å². The highest BCUT2D eigenvalue weighted by Gasteiger charge is 2.41. The zero-order valence-electron chi connectivity index (χ0n) is 12.2. The molecule has 1 N–H and O–H groups in total. The van der Waals surface area contributed by atoms with Gasteiger partial charge in [-0.3, -0.25) is 0 Å². The molecule has 0 bridgehead atoms. The van der Waals surface area contributed by atoms with Crippen LogP contribution in [0.2, 0.25) is 0 Å². The standard InChI is InChI=1S/C16H22F3NO/c1-2-12-3-5-13(6-4-12)15(21)11-20-9-7-14(8-10-20)16(17,18)19/h3-6,14-15,21H,2,7-11H2,1H3. The summed E-state index contributed by atoms with van der Waals surface area (Å²) in [5.74, 6) is -1.19. The summed E-state index contributed by atoms with van der Waals surface area (Å²) in [6.45, 7) is 3.26.